The van der Waals surface area contributed by atoms with E-state index < -0.39 is 5.91 Å². The van der Waals surface area contributed by atoms with Crippen LogP contribution in [0.15, 0.2) is 65.4 Å². The summed E-state index contributed by atoms with van der Waals surface area (Å²) in [4.78, 5) is 44.6. The highest BCUT2D eigenvalue weighted by atomic mass is 79.9. The van der Waals surface area contributed by atoms with E-state index in [4.69, 9.17) is 27.9 Å². The summed E-state index contributed by atoms with van der Waals surface area (Å²) in [5.41, 5.74) is 3.66. The van der Waals surface area contributed by atoms with Crippen LogP contribution in [0, 0.1) is 6.92 Å². The highest BCUT2D eigenvalue weighted by Gasteiger charge is 2.20. The number of amides is 3. The number of pyridine rings is 1. The minimum Gasteiger partial charge on any atom is -0.485 e. The van der Waals surface area contributed by atoms with Crippen molar-refractivity contribution in [3.8, 4) is 5.75 Å². The fraction of sp³-hybridized carbons (Fsp3) is 0.250. The molecule has 0 aliphatic carbocycles. The molecule has 12 heteroatoms. The number of nitrogens with one attached hydrogen (secondary N) is 1. The van der Waals surface area contributed by atoms with Gasteiger partial charge < -0.3 is 19.9 Å². The third-order valence-corrected chi connectivity index (χ3v) is 8.12. The molecule has 2 aromatic carbocycles. The number of hydrogen-bond acceptors (Lipinski definition) is 5. The fourth-order valence-electron chi connectivity index (χ4n) is 4.01. The summed E-state index contributed by atoms with van der Waals surface area (Å²) < 4.78 is 8.74. The zero-order chi connectivity index (χ0) is 32.6. The zero-order valence-corrected chi connectivity index (χ0v) is 28.4. The van der Waals surface area contributed by atoms with Crippen molar-refractivity contribution in [1.82, 2.24) is 19.6 Å². The molecule has 0 unspecified atom stereocenters. The molecule has 4 aromatic rings. The van der Waals surface area contributed by atoms with Crippen LogP contribution in [0.2, 0.25) is 10.0 Å². The Bertz CT molecular complexity index is 1690. The van der Waals surface area contributed by atoms with E-state index in [2.05, 4.69) is 26.2 Å². The van der Waals surface area contributed by atoms with Crippen LogP contribution in [-0.4, -0.2) is 59.7 Å². The summed E-state index contributed by atoms with van der Waals surface area (Å²) >= 11 is 16.7. The van der Waals surface area contributed by atoms with Crippen molar-refractivity contribution < 1.29 is 19.1 Å². The summed E-state index contributed by atoms with van der Waals surface area (Å²) in [5.74, 6) is -0.401. The summed E-state index contributed by atoms with van der Waals surface area (Å²) in [6.07, 6.45) is 4.79. The molecule has 4 rings (SSSR count). The predicted molar refractivity (Wildman–Crippen MR) is 180 cm³/mol. The van der Waals surface area contributed by atoms with Crippen molar-refractivity contribution in [3.63, 3.8) is 0 Å². The lowest BCUT2D eigenvalue weighted by Gasteiger charge is -2.21. The molecule has 9 nitrogen and oxygen atoms in total. The van der Waals surface area contributed by atoms with Gasteiger partial charge in [-0.1, -0.05) is 49.2 Å². The minimum absolute atomic E-state index is 0.0442. The Morgan fingerprint density at radius 2 is 1.73 bits per heavy atom. The number of aromatic nitrogens is 2. The average Bonchev–Trinajstić information content (AvgIpc) is 3.32. The number of aryl methyl sites for hydroxylation is 1. The molecule has 2 heterocycles. The fourth-order valence-corrected chi connectivity index (χ4v) is 4.99. The average molecular weight is 703 g/mol. The molecule has 0 radical (unpaired) electrons. The largest absolute Gasteiger partial charge is 0.485 e. The molecule has 44 heavy (non-hydrogen) atoms. The maximum atomic E-state index is 12.9. The van der Waals surface area contributed by atoms with E-state index in [1.807, 2.05) is 37.4 Å². The molecule has 232 valence electrons. The van der Waals surface area contributed by atoms with Crippen LogP contribution in [0.25, 0.3) is 11.7 Å². The van der Waals surface area contributed by atoms with Gasteiger partial charge in [0.25, 0.3) is 5.91 Å². The molecule has 0 atom stereocenters. The van der Waals surface area contributed by atoms with Crippen LogP contribution >= 0.6 is 39.1 Å². The van der Waals surface area contributed by atoms with Crippen molar-refractivity contribution in [2.24, 2.45) is 0 Å². The number of anilines is 1. The lowest BCUT2D eigenvalue weighted by molar-refractivity contribution is -0.122. The number of fused-ring (bicyclic) bond motifs is 1. The number of carbonyl (C=O) groups is 3. The van der Waals surface area contributed by atoms with E-state index in [-0.39, 0.29) is 30.0 Å². The number of likely N-dealkylation sites (N-methyl/N-ethyl adjacent to an activating group) is 1. The van der Waals surface area contributed by atoms with Crippen LogP contribution < -0.4 is 15.0 Å². The van der Waals surface area contributed by atoms with Crippen molar-refractivity contribution in [2.45, 2.75) is 27.4 Å². The topological polar surface area (TPSA) is 96.2 Å². The van der Waals surface area contributed by atoms with E-state index in [1.54, 1.807) is 69.7 Å². The van der Waals surface area contributed by atoms with Crippen molar-refractivity contribution in [1.29, 1.82) is 0 Å². The molecule has 1 N–H and O–H groups in total. The molecular weight excluding hydrogens is 669 g/mol. The monoisotopic (exact) mass is 701 g/mol. The zero-order valence-electron chi connectivity index (χ0n) is 25.3. The summed E-state index contributed by atoms with van der Waals surface area (Å²) in [6, 6.07) is 13.8. The number of benzene rings is 2. The van der Waals surface area contributed by atoms with Gasteiger partial charge in [-0.15, -0.1) is 0 Å². The van der Waals surface area contributed by atoms with Gasteiger partial charge >= 0.3 is 0 Å². The normalized spacial score (nSPS) is 10.8. The van der Waals surface area contributed by atoms with Gasteiger partial charge in [-0.25, -0.2) is 4.98 Å². The minimum atomic E-state index is -0.448. The second-order valence-electron chi connectivity index (χ2n) is 9.53. The number of imidazole rings is 1. The van der Waals surface area contributed by atoms with Crippen LogP contribution in [0.1, 0.15) is 41.0 Å². The van der Waals surface area contributed by atoms with Crippen molar-refractivity contribution in [3.05, 3.63) is 97.8 Å². The van der Waals surface area contributed by atoms with E-state index in [0.717, 1.165) is 15.9 Å². The second-order valence-corrected chi connectivity index (χ2v) is 11.1. The first-order valence-electron chi connectivity index (χ1n) is 13.7. The Morgan fingerprint density at radius 3 is 2.39 bits per heavy atom. The lowest BCUT2D eigenvalue weighted by Crippen LogP contribution is -2.37. The Labute approximate surface area is 275 Å². The van der Waals surface area contributed by atoms with Crippen molar-refractivity contribution in [2.75, 3.05) is 32.6 Å². The molecular formula is C32H34BrCl2N5O4. The van der Waals surface area contributed by atoms with Crippen LogP contribution in [0.4, 0.5) is 5.69 Å². The molecule has 2 aromatic heterocycles. The van der Waals surface area contributed by atoms with Crippen molar-refractivity contribution >= 4 is 74.3 Å². The van der Waals surface area contributed by atoms with Crippen LogP contribution in [0.3, 0.4) is 0 Å². The highest BCUT2D eigenvalue weighted by molar-refractivity contribution is 9.10. The Balaban J connectivity index is 0.00000259. The van der Waals surface area contributed by atoms with Gasteiger partial charge in [0.05, 0.1) is 22.9 Å². The summed E-state index contributed by atoms with van der Waals surface area (Å²) in [7, 11) is 4.92. The first kappa shape index (κ1) is 34.6. The van der Waals surface area contributed by atoms with Gasteiger partial charge in [0.15, 0.2) is 11.4 Å². The maximum Gasteiger partial charge on any atom is 0.253 e. The molecule has 0 saturated heterocycles. The number of carbonyl (C=O) groups excluding carboxylic acids is 3. The molecule has 0 aliphatic heterocycles. The lowest BCUT2D eigenvalue weighted by atomic mass is 10.1. The number of halogens is 3. The molecule has 0 aliphatic rings. The number of nitrogens with zero attached hydrogens (tertiary/aromatic N) is 4. The molecule has 0 saturated carbocycles. The highest BCUT2D eigenvalue weighted by Crippen LogP contribution is 2.35. The van der Waals surface area contributed by atoms with E-state index in [0.29, 0.717) is 33.2 Å². The van der Waals surface area contributed by atoms with Crippen LogP contribution in [-0.2, 0) is 16.2 Å². The Morgan fingerprint density at radius 1 is 1.05 bits per heavy atom. The number of rotatable bonds is 9. The maximum absolute atomic E-state index is 12.9. The third kappa shape index (κ3) is 8.19. The quantitative estimate of drug-likeness (QED) is 0.193. The molecule has 0 spiro atoms. The first-order chi connectivity index (χ1) is 21.0. The predicted octanol–water partition coefficient (Wildman–Crippen LogP) is 6.81. The smallest absolute Gasteiger partial charge is 0.253 e. The van der Waals surface area contributed by atoms with Gasteiger partial charge in [-0.05, 0) is 70.9 Å². The van der Waals surface area contributed by atoms with E-state index >= 15 is 0 Å². The Hall–Kier alpha value is -3.86. The first-order valence-corrected chi connectivity index (χ1v) is 15.3. The Kier molecular flexibility index (Phi) is 12.4. The van der Waals surface area contributed by atoms with Gasteiger partial charge in [0.1, 0.15) is 11.2 Å². The second kappa shape index (κ2) is 15.7. The third-order valence-electron chi connectivity index (χ3n) is 6.39. The van der Waals surface area contributed by atoms with E-state index in [9.17, 15) is 14.4 Å². The van der Waals surface area contributed by atoms with Gasteiger partial charge in [-0.3, -0.25) is 18.8 Å². The van der Waals surface area contributed by atoms with Gasteiger partial charge in [0, 0.05) is 49.6 Å². The molecule has 0 bridgehead atoms. The van der Waals surface area contributed by atoms with E-state index in [1.165, 1.54) is 15.9 Å². The number of hydrogen-bond donors (Lipinski definition) is 1. The molecule has 0 fully saturated rings. The SMILES string of the molecule is CC.Cc1nc2c(OCc3c(Cl)ccc(N(C)C(=O)CNC(=O)/C=C/c4ccc(C(=O)N(C)C)cc4)c3Cl)cccn2c1Br. The van der Waals surface area contributed by atoms with Gasteiger partial charge in [0.2, 0.25) is 11.8 Å². The van der Waals surface area contributed by atoms with Crippen LogP contribution in [0.5, 0.6) is 5.75 Å². The number of ether oxygens (including phenoxy) is 1. The van der Waals surface area contributed by atoms with Gasteiger partial charge in [-0.2, -0.15) is 0 Å². The standard InChI is InChI=1S/C30H28BrCl2N5O4.C2H6/c1-18-28(31)38-15-5-6-24(29(38)35-18)42-17-21-22(32)12-13-23(27(21)33)37(4)26(40)16-34-25(39)14-9-19-7-10-20(11-8-19)30(41)36(2)3;1-2/h5-15H,16-17H2,1-4H3,(H,34,39);1-2H3/b14-9+;. The summed E-state index contributed by atoms with van der Waals surface area (Å²) in [5, 5.41) is 3.22. The molecule has 3 amide bonds. The summed E-state index contributed by atoms with van der Waals surface area (Å²) in [6.45, 7) is 5.68.